The lowest BCUT2D eigenvalue weighted by atomic mass is 10.0. The van der Waals surface area contributed by atoms with Gasteiger partial charge in [0.2, 0.25) is 0 Å². The Morgan fingerprint density at radius 1 is 0.700 bits per heavy atom. The summed E-state index contributed by atoms with van der Waals surface area (Å²) in [7, 11) is -0.0876. The molecule has 2 aromatic rings. The Hall–Kier alpha value is -0.900. The van der Waals surface area contributed by atoms with Gasteiger partial charge in [0, 0.05) is 4.91 Å². The molecule has 3 heteroatoms. The summed E-state index contributed by atoms with van der Waals surface area (Å²) in [6.07, 6.45) is 4.47. The summed E-state index contributed by atoms with van der Waals surface area (Å²) in [6, 6.07) is 21.0. The van der Waals surface area contributed by atoms with Gasteiger partial charge in [-0.05, 0) is 59.6 Å². The average Bonchev–Trinajstić information content (AvgIpc) is 2.51. The van der Waals surface area contributed by atoms with Crippen LogP contribution in [0.15, 0.2) is 72.8 Å². The first-order valence-corrected chi connectivity index (χ1v) is 10.1. The van der Waals surface area contributed by atoms with Crippen LogP contribution in [0.2, 0.25) is 0 Å². The second-order valence-corrected chi connectivity index (χ2v) is 9.11. The lowest BCUT2D eigenvalue weighted by Crippen LogP contribution is -1.93. The van der Waals surface area contributed by atoms with Gasteiger partial charge in [-0.1, -0.05) is 69.6 Å². The molecule has 1 aliphatic heterocycles. The molecule has 1 atom stereocenters. The van der Waals surface area contributed by atoms with Crippen LogP contribution in [0.1, 0.15) is 11.1 Å². The van der Waals surface area contributed by atoms with Crippen molar-refractivity contribution >= 4 is 53.9 Å². The number of hydrogen-bond donors (Lipinski definition) is 0. The van der Waals surface area contributed by atoms with E-state index in [4.69, 9.17) is 0 Å². The molecular weight excluding hydrogens is 396 g/mol. The molecule has 100 valence electrons. The van der Waals surface area contributed by atoms with Crippen molar-refractivity contribution in [3.8, 4) is 0 Å². The predicted octanol–water partition coefficient (Wildman–Crippen LogP) is 6.23. The van der Waals surface area contributed by atoms with Gasteiger partial charge in [0.05, 0.1) is 3.77 Å². The molecule has 1 unspecified atom stereocenters. The molecule has 1 aliphatic rings. The van der Waals surface area contributed by atoms with Gasteiger partial charge in [0.25, 0.3) is 0 Å². The van der Waals surface area contributed by atoms with Crippen LogP contribution in [0.5, 0.6) is 0 Å². The lowest BCUT2D eigenvalue weighted by molar-refractivity contribution is 1.62. The van der Waals surface area contributed by atoms with E-state index < -0.39 is 0 Å². The van der Waals surface area contributed by atoms with Crippen LogP contribution in [-0.2, 0) is 0 Å². The highest BCUT2D eigenvalue weighted by molar-refractivity contribution is 9.56. The summed E-state index contributed by atoms with van der Waals surface area (Å²) in [5.41, 5.74) is 3.73. The first-order chi connectivity index (χ1) is 9.75. The molecule has 0 nitrogen and oxygen atoms in total. The third-order valence-electron chi connectivity index (χ3n) is 3.09. The van der Waals surface area contributed by atoms with Gasteiger partial charge in [-0.25, -0.2) is 0 Å². The minimum absolute atomic E-state index is 0.0876. The Balaban J connectivity index is 2.12. The van der Waals surface area contributed by atoms with E-state index in [1.165, 1.54) is 25.4 Å². The summed E-state index contributed by atoms with van der Waals surface area (Å²) in [4.78, 5) is 1.30. The van der Waals surface area contributed by atoms with Gasteiger partial charge in [0.1, 0.15) is 0 Å². The molecule has 0 amide bonds. The Morgan fingerprint density at radius 2 is 1.25 bits per heavy atom. The van der Waals surface area contributed by atoms with Crippen LogP contribution in [0.4, 0.5) is 0 Å². The van der Waals surface area contributed by atoms with Crippen molar-refractivity contribution in [1.82, 2.24) is 0 Å². The van der Waals surface area contributed by atoms with Crippen molar-refractivity contribution in [2.24, 2.45) is 0 Å². The maximum atomic E-state index is 3.79. The van der Waals surface area contributed by atoms with E-state index in [1.54, 1.807) is 0 Å². The van der Waals surface area contributed by atoms with E-state index in [0.29, 0.717) is 0 Å². The van der Waals surface area contributed by atoms with E-state index >= 15 is 0 Å². The zero-order chi connectivity index (χ0) is 13.9. The molecule has 0 N–H and O–H groups in total. The molecule has 20 heavy (non-hydrogen) atoms. The Labute approximate surface area is 137 Å². The first kappa shape index (κ1) is 14.1. The Kier molecular flexibility index (Phi) is 4.39. The van der Waals surface area contributed by atoms with Crippen molar-refractivity contribution in [1.29, 1.82) is 0 Å². The third-order valence-corrected chi connectivity index (χ3v) is 8.88. The van der Waals surface area contributed by atoms with E-state index in [2.05, 4.69) is 91.4 Å². The fourth-order valence-electron chi connectivity index (χ4n) is 2.10. The highest BCUT2D eigenvalue weighted by Crippen LogP contribution is 2.47. The number of rotatable bonds is 2. The van der Waals surface area contributed by atoms with Crippen molar-refractivity contribution < 1.29 is 0 Å². The zero-order valence-electron chi connectivity index (χ0n) is 10.6. The summed E-state index contributed by atoms with van der Waals surface area (Å²) in [6.45, 7) is 0. The van der Waals surface area contributed by atoms with E-state index in [1.807, 2.05) is 12.1 Å². The predicted molar refractivity (Wildman–Crippen MR) is 99.3 cm³/mol. The lowest BCUT2D eigenvalue weighted by Gasteiger charge is -2.16. The third kappa shape index (κ3) is 2.90. The topological polar surface area (TPSA) is 0 Å². The molecule has 2 aromatic carbocycles. The van der Waals surface area contributed by atoms with Crippen LogP contribution in [-0.4, -0.2) is 3.77 Å². The van der Waals surface area contributed by atoms with Crippen LogP contribution in [0.3, 0.4) is 0 Å². The maximum Gasteiger partial charge on any atom is 0.0564 e. The molecule has 0 saturated heterocycles. The van der Waals surface area contributed by atoms with Gasteiger partial charge < -0.3 is 0 Å². The molecule has 3 rings (SSSR count). The standard InChI is InChI=1S/C17H12Br2S/c18-17-12-15(13-7-3-1-4-8-13)11-16(20(17)19)14-9-5-2-6-10-14/h1-12H. The molecular formula is C17H12Br2S. The second-order valence-electron chi connectivity index (χ2n) is 4.40. The van der Waals surface area contributed by atoms with Crippen molar-refractivity contribution in [2.45, 2.75) is 0 Å². The minimum atomic E-state index is -0.0876. The first-order valence-electron chi connectivity index (χ1n) is 6.23. The Morgan fingerprint density at radius 3 is 1.85 bits per heavy atom. The molecule has 0 radical (unpaired) electrons. The van der Waals surface area contributed by atoms with Crippen LogP contribution in [0, 0.1) is 0 Å². The highest BCUT2D eigenvalue weighted by atomic mass is 79.9. The van der Waals surface area contributed by atoms with Gasteiger partial charge in [-0.3, -0.25) is 0 Å². The highest BCUT2D eigenvalue weighted by Gasteiger charge is 2.14. The Bertz CT molecular complexity index is 713. The maximum absolute atomic E-state index is 3.79. The molecule has 0 spiro atoms. The monoisotopic (exact) mass is 406 g/mol. The smallest absolute Gasteiger partial charge is 0.0564 e. The number of hydrogen-bond acceptors (Lipinski definition) is 0. The largest absolute Gasteiger partial charge is 0.0714 e. The molecule has 0 bridgehead atoms. The summed E-state index contributed by atoms with van der Waals surface area (Å²) in [5, 5.41) is 0. The van der Waals surface area contributed by atoms with E-state index in [0.717, 1.165) is 0 Å². The molecule has 0 aromatic heterocycles. The summed E-state index contributed by atoms with van der Waals surface area (Å²) < 4.78 is 1.18. The summed E-state index contributed by atoms with van der Waals surface area (Å²) in [5.74, 6) is 0. The van der Waals surface area contributed by atoms with Gasteiger partial charge in [-0.2, -0.15) is 0 Å². The SMILES string of the molecule is BrC1=S(Br)C(c2ccccc2)=CC(c2ccccc2)=C1. The zero-order valence-corrected chi connectivity index (χ0v) is 14.6. The van der Waals surface area contributed by atoms with E-state index in [-0.39, 0.29) is 8.92 Å². The molecule has 0 aliphatic carbocycles. The minimum Gasteiger partial charge on any atom is -0.0714 e. The fourth-order valence-corrected chi connectivity index (χ4v) is 5.01. The van der Waals surface area contributed by atoms with Crippen molar-refractivity contribution in [2.75, 3.05) is 0 Å². The van der Waals surface area contributed by atoms with Crippen LogP contribution >= 0.6 is 39.7 Å². The quantitative estimate of drug-likeness (QED) is 0.409. The summed E-state index contributed by atoms with van der Waals surface area (Å²) >= 11 is 7.48. The van der Waals surface area contributed by atoms with Gasteiger partial charge in [-0.15, -0.1) is 0 Å². The van der Waals surface area contributed by atoms with Crippen molar-refractivity contribution in [3.63, 3.8) is 0 Å². The van der Waals surface area contributed by atoms with Crippen LogP contribution < -0.4 is 0 Å². The van der Waals surface area contributed by atoms with Crippen molar-refractivity contribution in [3.05, 3.63) is 83.9 Å². The average molecular weight is 408 g/mol. The second kappa shape index (κ2) is 6.25. The van der Waals surface area contributed by atoms with Gasteiger partial charge in [0.15, 0.2) is 0 Å². The normalized spacial score (nSPS) is 18.5. The number of allylic oxidation sites excluding steroid dienone is 3. The van der Waals surface area contributed by atoms with E-state index in [9.17, 15) is 0 Å². The number of benzene rings is 2. The molecule has 1 heterocycles. The fraction of sp³-hybridized carbons (Fsp3) is 0. The number of halogens is 2. The van der Waals surface area contributed by atoms with Gasteiger partial charge >= 0.3 is 0 Å². The molecule has 0 saturated carbocycles. The van der Waals surface area contributed by atoms with Crippen LogP contribution in [0.25, 0.3) is 10.5 Å². The molecule has 0 fully saturated rings.